The summed E-state index contributed by atoms with van der Waals surface area (Å²) in [6, 6.07) is 5.48. The molecule has 2 N–H and O–H groups in total. The molecule has 0 spiro atoms. The van der Waals surface area contributed by atoms with Crippen molar-refractivity contribution in [3.05, 3.63) is 30.2 Å². The van der Waals surface area contributed by atoms with Crippen LogP contribution in [-0.4, -0.2) is 56.5 Å². The SMILES string of the molecule is CSCC[C@H](N)C(=O)N1CCC[C@@H](c2nnc3ccccn23)C1. The van der Waals surface area contributed by atoms with Gasteiger partial charge in [0.15, 0.2) is 5.65 Å². The van der Waals surface area contributed by atoms with E-state index in [-0.39, 0.29) is 11.8 Å². The van der Waals surface area contributed by atoms with Gasteiger partial charge in [-0.25, -0.2) is 0 Å². The molecule has 0 saturated carbocycles. The van der Waals surface area contributed by atoms with Crippen molar-refractivity contribution in [2.45, 2.75) is 31.2 Å². The fourth-order valence-electron chi connectivity index (χ4n) is 3.13. The molecule has 1 fully saturated rings. The van der Waals surface area contributed by atoms with E-state index < -0.39 is 6.04 Å². The number of rotatable bonds is 5. The topological polar surface area (TPSA) is 76.5 Å². The second kappa shape index (κ2) is 7.31. The monoisotopic (exact) mass is 333 g/mol. The number of thioether (sulfide) groups is 1. The van der Waals surface area contributed by atoms with Gasteiger partial charge < -0.3 is 10.6 Å². The maximum absolute atomic E-state index is 12.5. The molecule has 1 amide bonds. The van der Waals surface area contributed by atoms with Crippen molar-refractivity contribution >= 4 is 23.3 Å². The Morgan fingerprint density at radius 2 is 2.35 bits per heavy atom. The molecule has 0 bridgehead atoms. The Morgan fingerprint density at radius 1 is 1.48 bits per heavy atom. The van der Waals surface area contributed by atoms with E-state index in [4.69, 9.17) is 5.73 Å². The molecular weight excluding hydrogens is 310 g/mol. The molecule has 2 atom stereocenters. The van der Waals surface area contributed by atoms with E-state index in [2.05, 4.69) is 10.2 Å². The highest BCUT2D eigenvalue weighted by Crippen LogP contribution is 2.26. The molecule has 1 saturated heterocycles. The van der Waals surface area contributed by atoms with Crippen LogP contribution in [0.15, 0.2) is 24.4 Å². The summed E-state index contributed by atoms with van der Waals surface area (Å²) in [5.74, 6) is 2.14. The van der Waals surface area contributed by atoms with E-state index in [1.54, 1.807) is 11.8 Å². The van der Waals surface area contributed by atoms with Gasteiger partial charge in [-0.15, -0.1) is 10.2 Å². The Labute approximate surface area is 140 Å². The van der Waals surface area contributed by atoms with Gasteiger partial charge in [0.05, 0.1) is 6.04 Å². The van der Waals surface area contributed by atoms with Crippen molar-refractivity contribution in [2.24, 2.45) is 5.73 Å². The average molecular weight is 333 g/mol. The third-order valence-electron chi connectivity index (χ3n) is 4.39. The molecule has 3 rings (SSSR count). The number of hydrogen-bond acceptors (Lipinski definition) is 5. The summed E-state index contributed by atoms with van der Waals surface area (Å²) >= 11 is 1.72. The van der Waals surface area contributed by atoms with Crippen molar-refractivity contribution in [3.63, 3.8) is 0 Å². The van der Waals surface area contributed by atoms with Crippen LogP contribution in [0.2, 0.25) is 0 Å². The zero-order valence-corrected chi connectivity index (χ0v) is 14.2. The lowest BCUT2D eigenvalue weighted by molar-refractivity contribution is -0.133. The number of carbonyl (C=O) groups is 1. The highest BCUT2D eigenvalue weighted by Gasteiger charge is 2.29. The van der Waals surface area contributed by atoms with Crippen LogP contribution in [0.25, 0.3) is 5.65 Å². The normalized spacial score (nSPS) is 19.9. The Bertz CT molecular complexity index is 673. The Morgan fingerprint density at radius 3 is 3.17 bits per heavy atom. The molecule has 0 aliphatic carbocycles. The van der Waals surface area contributed by atoms with Gasteiger partial charge >= 0.3 is 0 Å². The Kier molecular flexibility index (Phi) is 5.17. The van der Waals surface area contributed by atoms with Crippen LogP contribution in [0, 0.1) is 0 Å². The second-order valence-electron chi connectivity index (χ2n) is 6.00. The molecule has 124 valence electrons. The van der Waals surface area contributed by atoms with Gasteiger partial charge in [-0.3, -0.25) is 9.20 Å². The van der Waals surface area contributed by atoms with Gasteiger partial charge in [-0.05, 0) is 43.4 Å². The van der Waals surface area contributed by atoms with Crippen LogP contribution >= 0.6 is 11.8 Å². The first-order valence-electron chi connectivity index (χ1n) is 8.03. The first-order chi connectivity index (χ1) is 11.2. The second-order valence-corrected chi connectivity index (χ2v) is 6.98. The van der Waals surface area contributed by atoms with E-state index in [9.17, 15) is 4.79 Å². The molecule has 6 nitrogen and oxygen atoms in total. The lowest BCUT2D eigenvalue weighted by Crippen LogP contribution is -2.48. The number of fused-ring (bicyclic) bond motifs is 1. The van der Waals surface area contributed by atoms with Crippen LogP contribution in [0.1, 0.15) is 31.0 Å². The number of carbonyl (C=O) groups excluding carboxylic acids is 1. The first-order valence-corrected chi connectivity index (χ1v) is 9.43. The number of hydrogen-bond donors (Lipinski definition) is 1. The minimum Gasteiger partial charge on any atom is -0.341 e. The van der Waals surface area contributed by atoms with E-state index in [0.717, 1.165) is 43.0 Å². The van der Waals surface area contributed by atoms with Crippen LogP contribution in [0.4, 0.5) is 0 Å². The molecular formula is C16H23N5OS. The predicted octanol–water partition coefficient (Wildman–Crippen LogP) is 1.52. The van der Waals surface area contributed by atoms with Gasteiger partial charge in [-0.2, -0.15) is 11.8 Å². The highest BCUT2D eigenvalue weighted by atomic mass is 32.2. The van der Waals surface area contributed by atoms with Gasteiger partial charge in [0.1, 0.15) is 5.82 Å². The summed E-state index contributed by atoms with van der Waals surface area (Å²) in [6.45, 7) is 1.47. The van der Waals surface area contributed by atoms with E-state index in [0.29, 0.717) is 6.54 Å². The van der Waals surface area contributed by atoms with Crippen LogP contribution in [0.3, 0.4) is 0 Å². The molecule has 0 radical (unpaired) electrons. The number of nitrogens with zero attached hydrogens (tertiary/aromatic N) is 4. The van der Waals surface area contributed by atoms with Crippen molar-refractivity contribution < 1.29 is 4.79 Å². The lowest BCUT2D eigenvalue weighted by atomic mass is 9.96. The molecule has 7 heteroatoms. The number of amides is 1. The molecule has 3 heterocycles. The zero-order valence-electron chi connectivity index (χ0n) is 13.4. The number of aromatic nitrogens is 3. The highest BCUT2D eigenvalue weighted by molar-refractivity contribution is 7.98. The number of nitrogens with two attached hydrogens (primary N) is 1. The smallest absolute Gasteiger partial charge is 0.239 e. The van der Waals surface area contributed by atoms with Crippen LogP contribution in [0.5, 0.6) is 0 Å². The van der Waals surface area contributed by atoms with Crippen molar-refractivity contribution in [1.82, 2.24) is 19.5 Å². The third kappa shape index (κ3) is 3.50. The minimum absolute atomic E-state index is 0.0672. The Hall–Kier alpha value is -1.60. The van der Waals surface area contributed by atoms with Crippen molar-refractivity contribution in [2.75, 3.05) is 25.1 Å². The van der Waals surface area contributed by atoms with Gasteiger partial charge in [0.25, 0.3) is 0 Å². The molecule has 1 aliphatic heterocycles. The summed E-state index contributed by atoms with van der Waals surface area (Å²) in [6.07, 6.45) is 6.75. The Balaban J connectivity index is 1.72. The van der Waals surface area contributed by atoms with E-state index in [1.807, 2.05) is 40.0 Å². The standard InChI is InChI=1S/C16H23N5OS/c1-23-10-7-13(17)16(22)20-8-4-5-12(11-20)15-19-18-14-6-2-3-9-21(14)15/h2-3,6,9,12-13H,4-5,7-8,10-11,17H2,1H3/t12-,13+/m1/s1. The van der Waals surface area contributed by atoms with Crippen LogP contribution < -0.4 is 5.73 Å². The fraction of sp³-hybridized carbons (Fsp3) is 0.562. The molecule has 2 aromatic rings. The van der Waals surface area contributed by atoms with Gasteiger partial charge in [0.2, 0.25) is 5.91 Å². The molecule has 0 unspecified atom stereocenters. The number of pyridine rings is 1. The van der Waals surface area contributed by atoms with Crippen LogP contribution in [-0.2, 0) is 4.79 Å². The van der Waals surface area contributed by atoms with Crippen molar-refractivity contribution in [3.8, 4) is 0 Å². The first kappa shape index (κ1) is 16.3. The summed E-state index contributed by atoms with van der Waals surface area (Å²) in [5, 5.41) is 8.57. The largest absolute Gasteiger partial charge is 0.341 e. The fourth-order valence-corrected chi connectivity index (χ4v) is 3.62. The lowest BCUT2D eigenvalue weighted by Gasteiger charge is -2.33. The summed E-state index contributed by atoms with van der Waals surface area (Å²) in [4.78, 5) is 14.4. The van der Waals surface area contributed by atoms with E-state index >= 15 is 0 Å². The van der Waals surface area contributed by atoms with E-state index in [1.165, 1.54) is 0 Å². The summed E-state index contributed by atoms with van der Waals surface area (Å²) in [5.41, 5.74) is 6.90. The third-order valence-corrected chi connectivity index (χ3v) is 5.03. The predicted molar refractivity (Wildman–Crippen MR) is 92.5 cm³/mol. The number of piperidine rings is 1. The molecule has 23 heavy (non-hydrogen) atoms. The van der Waals surface area contributed by atoms with Gasteiger partial charge in [-0.1, -0.05) is 6.07 Å². The minimum atomic E-state index is -0.392. The average Bonchev–Trinajstić information content (AvgIpc) is 3.03. The molecule has 0 aromatic carbocycles. The molecule has 1 aliphatic rings. The maximum Gasteiger partial charge on any atom is 0.239 e. The summed E-state index contributed by atoms with van der Waals surface area (Å²) in [7, 11) is 0. The maximum atomic E-state index is 12.5. The molecule has 2 aromatic heterocycles. The van der Waals surface area contributed by atoms with Crippen molar-refractivity contribution in [1.29, 1.82) is 0 Å². The van der Waals surface area contributed by atoms with Gasteiger partial charge in [0, 0.05) is 25.2 Å². The zero-order chi connectivity index (χ0) is 16.2. The number of likely N-dealkylation sites (tertiary alicyclic amines) is 1. The quantitative estimate of drug-likeness (QED) is 0.898. The summed E-state index contributed by atoms with van der Waals surface area (Å²) < 4.78 is 2.02.